The third-order valence-corrected chi connectivity index (χ3v) is 4.58. The molecule has 0 bridgehead atoms. The Balaban J connectivity index is 1.94. The van der Waals surface area contributed by atoms with E-state index in [1.807, 2.05) is 0 Å². The number of fused-ring (bicyclic) bond motifs is 1. The molecule has 2 atom stereocenters. The third kappa shape index (κ3) is 2.87. The Morgan fingerprint density at radius 2 is 2.25 bits per heavy atom. The van der Waals surface area contributed by atoms with Crippen LogP contribution in [-0.2, 0) is 11.2 Å². The Labute approximate surface area is 129 Å². The molecule has 0 amide bonds. The second-order valence-corrected chi connectivity index (χ2v) is 6.44. The van der Waals surface area contributed by atoms with E-state index in [1.54, 1.807) is 0 Å². The maximum atomic E-state index is 6.01. The highest BCUT2D eigenvalue weighted by molar-refractivity contribution is 9.10. The number of hydrogen-bond acceptors (Lipinski definition) is 3. The monoisotopic (exact) mass is 339 g/mol. The van der Waals surface area contributed by atoms with Gasteiger partial charge in [-0.25, -0.2) is 0 Å². The number of likely N-dealkylation sites (N-methyl/N-ethyl adjacent to an activating group) is 1. The summed E-state index contributed by atoms with van der Waals surface area (Å²) in [6.07, 6.45) is 4.82. The molecule has 2 aliphatic rings. The van der Waals surface area contributed by atoms with Gasteiger partial charge in [-0.05, 0) is 43.5 Å². The number of rotatable bonds is 4. The molecule has 3 rings (SSSR count). The van der Waals surface area contributed by atoms with Gasteiger partial charge in [-0.1, -0.05) is 22.9 Å². The molecule has 1 aromatic carbocycles. The molecule has 0 radical (unpaired) electrons. The van der Waals surface area contributed by atoms with Crippen LogP contribution < -0.4 is 10.1 Å². The van der Waals surface area contributed by atoms with Gasteiger partial charge in [-0.15, -0.1) is 0 Å². The smallest absolute Gasteiger partial charge is 0.127 e. The van der Waals surface area contributed by atoms with E-state index < -0.39 is 0 Å². The van der Waals surface area contributed by atoms with Crippen LogP contribution in [-0.4, -0.2) is 25.9 Å². The summed E-state index contributed by atoms with van der Waals surface area (Å²) < 4.78 is 13.0. The number of ether oxygens (including phenoxy) is 2. The van der Waals surface area contributed by atoms with Crippen LogP contribution in [0.4, 0.5) is 0 Å². The van der Waals surface area contributed by atoms with Crippen molar-refractivity contribution in [2.75, 3.05) is 19.8 Å². The molecule has 1 N–H and O–H groups in total. The van der Waals surface area contributed by atoms with Crippen LogP contribution in [0.1, 0.15) is 43.4 Å². The van der Waals surface area contributed by atoms with Crippen LogP contribution in [0.15, 0.2) is 16.6 Å². The summed E-state index contributed by atoms with van der Waals surface area (Å²) in [6, 6.07) is 4.59. The van der Waals surface area contributed by atoms with Crippen LogP contribution in [0.5, 0.6) is 5.75 Å². The molecule has 3 nitrogen and oxygen atoms in total. The first-order valence-electron chi connectivity index (χ1n) is 7.59. The molecule has 0 aliphatic carbocycles. The minimum absolute atomic E-state index is 0.227. The Bertz CT molecular complexity index is 472. The fourth-order valence-electron chi connectivity index (χ4n) is 3.22. The van der Waals surface area contributed by atoms with Gasteiger partial charge in [0.1, 0.15) is 5.75 Å². The summed E-state index contributed by atoms with van der Waals surface area (Å²) >= 11 is 3.64. The summed E-state index contributed by atoms with van der Waals surface area (Å²) in [5, 5.41) is 3.60. The van der Waals surface area contributed by atoms with Gasteiger partial charge < -0.3 is 14.8 Å². The molecule has 2 unspecified atom stereocenters. The Kier molecular flexibility index (Phi) is 4.64. The Morgan fingerprint density at radius 1 is 1.35 bits per heavy atom. The van der Waals surface area contributed by atoms with Gasteiger partial charge in [0.2, 0.25) is 0 Å². The van der Waals surface area contributed by atoms with Crippen molar-refractivity contribution < 1.29 is 9.47 Å². The zero-order chi connectivity index (χ0) is 13.9. The largest absolute Gasteiger partial charge is 0.493 e. The van der Waals surface area contributed by atoms with Gasteiger partial charge in [0, 0.05) is 23.1 Å². The first kappa shape index (κ1) is 14.4. The zero-order valence-corrected chi connectivity index (χ0v) is 13.5. The average molecular weight is 340 g/mol. The number of nitrogens with one attached hydrogen (secondary N) is 1. The standard InChI is InChI=1S/C16H22BrNO2/c1-2-18-15(14-5-3-4-7-19-14)13-10-12(17)9-11-6-8-20-16(11)13/h9-10,14-15,18H,2-8H2,1H3. The molecule has 0 saturated carbocycles. The van der Waals surface area contributed by atoms with E-state index in [-0.39, 0.29) is 12.1 Å². The first-order chi connectivity index (χ1) is 9.79. The van der Waals surface area contributed by atoms with Crippen LogP contribution in [0.25, 0.3) is 0 Å². The van der Waals surface area contributed by atoms with Gasteiger partial charge in [0.25, 0.3) is 0 Å². The summed E-state index contributed by atoms with van der Waals surface area (Å²) in [4.78, 5) is 0. The molecular weight excluding hydrogens is 318 g/mol. The highest BCUT2D eigenvalue weighted by Crippen LogP contribution is 2.39. The van der Waals surface area contributed by atoms with E-state index >= 15 is 0 Å². The number of benzene rings is 1. The van der Waals surface area contributed by atoms with Gasteiger partial charge in [0.15, 0.2) is 0 Å². The van der Waals surface area contributed by atoms with E-state index in [0.717, 1.165) is 42.8 Å². The second-order valence-electron chi connectivity index (χ2n) is 5.52. The topological polar surface area (TPSA) is 30.5 Å². The summed E-state index contributed by atoms with van der Waals surface area (Å²) in [6.45, 7) is 4.76. The summed E-state index contributed by atoms with van der Waals surface area (Å²) in [5.74, 6) is 1.08. The minimum Gasteiger partial charge on any atom is -0.493 e. The van der Waals surface area contributed by atoms with Crippen molar-refractivity contribution in [3.05, 3.63) is 27.7 Å². The lowest BCUT2D eigenvalue weighted by Crippen LogP contribution is -2.36. The minimum atomic E-state index is 0.227. The van der Waals surface area contributed by atoms with E-state index in [2.05, 4.69) is 40.3 Å². The van der Waals surface area contributed by atoms with Crippen molar-refractivity contribution >= 4 is 15.9 Å². The van der Waals surface area contributed by atoms with E-state index in [9.17, 15) is 0 Å². The highest BCUT2D eigenvalue weighted by atomic mass is 79.9. The highest BCUT2D eigenvalue weighted by Gasteiger charge is 2.30. The molecule has 2 heterocycles. The maximum Gasteiger partial charge on any atom is 0.127 e. The number of halogens is 1. The predicted molar refractivity (Wildman–Crippen MR) is 83.3 cm³/mol. The molecule has 20 heavy (non-hydrogen) atoms. The Morgan fingerprint density at radius 3 is 3.00 bits per heavy atom. The number of hydrogen-bond donors (Lipinski definition) is 1. The van der Waals surface area contributed by atoms with Crippen molar-refractivity contribution in [3.63, 3.8) is 0 Å². The van der Waals surface area contributed by atoms with Gasteiger partial charge in [-0.2, -0.15) is 0 Å². The zero-order valence-electron chi connectivity index (χ0n) is 12.0. The fraction of sp³-hybridized carbons (Fsp3) is 0.625. The van der Waals surface area contributed by atoms with Crippen LogP contribution >= 0.6 is 15.9 Å². The molecule has 2 aliphatic heterocycles. The summed E-state index contributed by atoms with van der Waals surface area (Å²) in [5.41, 5.74) is 2.56. The van der Waals surface area contributed by atoms with Crippen LogP contribution in [0.2, 0.25) is 0 Å². The maximum absolute atomic E-state index is 6.01. The first-order valence-corrected chi connectivity index (χ1v) is 8.39. The molecule has 4 heteroatoms. The summed E-state index contributed by atoms with van der Waals surface area (Å²) in [7, 11) is 0. The molecule has 1 aromatic rings. The molecule has 1 saturated heterocycles. The quantitative estimate of drug-likeness (QED) is 0.908. The van der Waals surface area contributed by atoms with Crippen molar-refractivity contribution in [3.8, 4) is 5.75 Å². The normalized spacial score (nSPS) is 23.2. The van der Waals surface area contributed by atoms with E-state index in [0.29, 0.717) is 0 Å². The molecule has 110 valence electrons. The lowest BCUT2D eigenvalue weighted by molar-refractivity contribution is -0.00831. The lowest BCUT2D eigenvalue weighted by Gasteiger charge is -2.32. The van der Waals surface area contributed by atoms with Gasteiger partial charge >= 0.3 is 0 Å². The van der Waals surface area contributed by atoms with E-state index in [4.69, 9.17) is 9.47 Å². The van der Waals surface area contributed by atoms with Crippen LogP contribution in [0, 0.1) is 0 Å². The van der Waals surface area contributed by atoms with Crippen LogP contribution in [0.3, 0.4) is 0 Å². The van der Waals surface area contributed by atoms with Crippen molar-refractivity contribution in [1.82, 2.24) is 5.32 Å². The molecular formula is C16H22BrNO2. The third-order valence-electron chi connectivity index (χ3n) is 4.12. The SMILES string of the molecule is CCNC(c1cc(Br)cc2c1OCC2)C1CCCCO1. The molecule has 1 fully saturated rings. The van der Waals surface area contributed by atoms with Crippen molar-refractivity contribution in [2.24, 2.45) is 0 Å². The predicted octanol–water partition coefficient (Wildman–Crippen LogP) is 3.60. The average Bonchev–Trinajstić information content (AvgIpc) is 2.93. The molecule has 0 aromatic heterocycles. The van der Waals surface area contributed by atoms with Gasteiger partial charge in [0.05, 0.1) is 18.8 Å². The fourth-order valence-corrected chi connectivity index (χ4v) is 3.74. The van der Waals surface area contributed by atoms with Gasteiger partial charge in [-0.3, -0.25) is 0 Å². The lowest BCUT2D eigenvalue weighted by atomic mass is 9.93. The second kappa shape index (κ2) is 6.46. The van der Waals surface area contributed by atoms with Crippen molar-refractivity contribution in [1.29, 1.82) is 0 Å². The van der Waals surface area contributed by atoms with Crippen molar-refractivity contribution in [2.45, 2.75) is 44.8 Å². The Hall–Kier alpha value is -0.580. The van der Waals surface area contributed by atoms with E-state index in [1.165, 1.54) is 24.0 Å². The molecule has 0 spiro atoms.